The van der Waals surface area contributed by atoms with Crippen LogP contribution in [0.4, 0.5) is 22.7 Å². The van der Waals surface area contributed by atoms with E-state index in [9.17, 15) is 19.7 Å². The highest BCUT2D eigenvalue weighted by Crippen LogP contribution is 2.31. The zero-order chi connectivity index (χ0) is 23.2. The largest absolute Gasteiger partial charge is 0.366 e. The fourth-order valence-electron chi connectivity index (χ4n) is 3.85. The van der Waals surface area contributed by atoms with Crippen molar-refractivity contribution in [1.29, 1.82) is 0 Å². The second-order valence-corrected chi connectivity index (χ2v) is 7.86. The first-order chi connectivity index (χ1) is 16.0. The summed E-state index contributed by atoms with van der Waals surface area (Å²) in [5.74, 6) is -0.669. The van der Waals surface area contributed by atoms with Gasteiger partial charge in [-0.15, -0.1) is 0 Å². The maximum absolute atomic E-state index is 12.7. The van der Waals surface area contributed by atoms with E-state index in [1.54, 1.807) is 60.7 Å². The third-order valence-corrected chi connectivity index (χ3v) is 5.57. The van der Waals surface area contributed by atoms with Gasteiger partial charge in [0.1, 0.15) is 5.69 Å². The number of nitrogens with one attached hydrogen (secondary N) is 2. The van der Waals surface area contributed by atoms with Gasteiger partial charge in [0.15, 0.2) is 0 Å². The van der Waals surface area contributed by atoms with Crippen LogP contribution in [0.1, 0.15) is 40.0 Å². The number of carbonyl (C=O) groups excluding carboxylic acids is 2. The molecular formula is C25H24N4O4. The monoisotopic (exact) mass is 444 g/mol. The molecule has 0 aromatic heterocycles. The van der Waals surface area contributed by atoms with E-state index in [1.165, 1.54) is 6.07 Å². The van der Waals surface area contributed by atoms with E-state index in [-0.39, 0.29) is 17.2 Å². The van der Waals surface area contributed by atoms with Gasteiger partial charge in [-0.1, -0.05) is 18.2 Å². The Balaban J connectivity index is 1.44. The van der Waals surface area contributed by atoms with Crippen molar-refractivity contribution in [1.82, 2.24) is 0 Å². The quantitative estimate of drug-likeness (QED) is 0.407. The topological polar surface area (TPSA) is 105 Å². The predicted molar refractivity (Wildman–Crippen MR) is 128 cm³/mol. The number of piperidine rings is 1. The van der Waals surface area contributed by atoms with E-state index in [0.717, 1.165) is 32.4 Å². The molecule has 1 fully saturated rings. The van der Waals surface area contributed by atoms with Crippen molar-refractivity contribution in [2.45, 2.75) is 19.3 Å². The molecule has 33 heavy (non-hydrogen) atoms. The normalized spacial score (nSPS) is 13.3. The fraction of sp³-hybridized carbons (Fsp3) is 0.200. The minimum absolute atomic E-state index is 0.0662. The van der Waals surface area contributed by atoms with Crippen molar-refractivity contribution < 1.29 is 14.5 Å². The van der Waals surface area contributed by atoms with E-state index in [2.05, 4.69) is 10.6 Å². The highest BCUT2D eigenvalue weighted by Gasteiger charge is 2.23. The molecule has 8 heteroatoms. The Morgan fingerprint density at radius 3 is 1.91 bits per heavy atom. The molecule has 2 amide bonds. The molecule has 8 nitrogen and oxygen atoms in total. The highest BCUT2D eigenvalue weighted by molar-refractivity contribution is 6.06. The third kappa shape index (κ3) is 5.35. The van der Waals surface area contributed by atoms with Crippen LogP contribution in [-0.2, 0) is 0 Å². The zero-order valence-electron chi connectivity index (χ0n) is 18.0. The minimum atomic E-state index is -0.440. The first-order valence-corrected chi connectivity index (χ1v) is 10.8. The Morgan fingerprint density at radius 2 is 1.33 bits per heavy atom. The molecule has 0 radical (unpaired) electrons. The van der Waals surface area contributed by atoms with E-state index in [4.69, 9.17) is 0 Å². The Morgan fingerprint density at radius 1 is 0.758 bits per heavy atom. The molecular weight excluding hydrogens is 420 g/mol. The summed E-state index contributed by atoms with van der Waals surface area (Å²) in [5.41, 5.74) is 2.34. The van der Waals surface area contributed by atoms with E-state index in [0.29, 0.717) is 22.6 Å². The Labute approximate surface area is 191 Å². The summed E-state index contributed by atoms with van der Waals surface area (Å²) >= 11 is 0. The Hall–Kier alpha value is -4.20. The van der Waals surface area contributed by atoms with Crippen molar-refractivity contribution in [3.05, 3.63) is 94.0 Å². The van der Waals surface area contributed by atoms with Gasteiger partial charge in [-0.25, -0.2) is 0 Å². The molecule has 1 saturated heterocycles. The van der Waals surface area contributed by atoms with Gasteiger partial charge in [-0.2, -0.15) is 0 Å². The van der Waals surface area contributed by atoms with Crippen LogP contribution in [0, 0.1) is 10.1 Å². The fourth-order valence-corrected chi connectivity index (χ4v) is 3.85. The van der Waals surface area contributed by atoms with Gasteiger partial charge in [0.25, 0.3) is 17.5 Å². The van der Waals surface area contributed by atoms with Gasteiger partial charge in [0.05, 0.1) is 4.92 Å². The van der Waals surface area contributed by atoms with Crippen LogP contribution in [0.5, 0.6) is 0 Å². The highest BCUT2D eigenvalue weighted by atomic mass is 16.6. The van der Waals surface area contributed by atoms with Gasteiger partial charge >= 0.3 is 0 Å². The molecule has 1 heterocycles. The maximum atomic E-state index is 12.7. The number of nitro groups is 1. The molecule has 3 aromatic rings. The molecule has 0 spiro atoms. The van der Waals surface area contributed by atoms with Crippen molar-refractivity contribution in [2.75, 3.05) is 28.6 Å². The lowest BCUT2D eigenvalue weighted by Gasteiger charge is -2.28. The Bertz CT molecular complexity index is 1160. The summed E-state index contributed by atoms with van der Waals surface area (Å²) in [4.78, 5) is 38.2. The first-order valence-electron chi connectivity index (χ1n) is 10.8. The number of rotatable bonds is 6. The summed E-state index contributed by atoms with van der Waals surface area (Å²) < 4.78 is 0. The SMILES string of the molecule is O=C(Nc1ccc(NC(=O)c2ccc(N3CCCCC3)c([N+](=O)[O-])c2)cc1)c1ccccc1. The number of benzene rings is 3. The number of hydrogen-bond donors (Lipinski definition) is 2. The molecule has 1 aliphatic heterocycles. The van der Waals surface area contributed by atoms with E-state index in [1.807, 2.05) is 11.0 Å². The lowest BCUT2D eigenvalue weighted by Crippen LogP contribution is -2.30. The van der Waals surface area contributed by atoms with Gasteiger partial charge in [-0.3, -0.25) is 19.7 Å². The standard InChI is InChI=1S/C25H24N4O4/c30-24(18-7-3-1-4-8-18)26-20-10-12-21(13-11-20)27-25(31)19-9-14-22(23(17-19)29(32)33)28-15-5-2-6-16-28/h1,3-4,7-14,17H,2,5-6,15-16H2,(H,26,30)(H,27,31). The van der Waals surface area contributed by atoms with Crippen LogP contribution in [0.2, 0.25) is 0 Å². The predicted octanol–water partition coefficient (Wildman–Crippen LogP) is 5.09. The van der Waals surface area contributed by atoms with Crippen molar-refractivity contribution in [2.24, 2.45) is 0 Å². The molecule has 2 N–H and O–H groups in total. The summed E-state index contributed by atoms with van der Waals surface area (Å²) in [6.45, 7) is 1.55. The van der Waals surface area contributed by atoms with Crippen LogP contribution in [0.3, 0.4) is 0 Å². The van der Waals surface area contributed by atoms with Gasteiger partial charge in [-0.05, 0) is 67.8 Å². The molecule has 0 bridgehead atoms. The maximum Gasteiger partial charge on any atom is 0.293 e. The van der Waals surface area contributed by atoms with Crippen LogP contribution >= 0.6 is 0 Å². The van der Waals surface area contributed by atoms with Crippen LogP contribution in [-0.4, -0.2) is 29.8 Å². The van der Waals surface area contributed by atoms with Crippen molar-refractivity contribution in [3.8, 4) is 0 Å². The third-order valence-electron chi connectivity index (χ3n) is 5.57. The lowest BCUT2D eigenvalue weighted by molar-refractivity contribution is -0.384. The zero-order valence-corrected chi connectivity index (χ0v) is 18.0. The van der Waals surface area contributed by atoms with Crippen LogP contribution < -0.4 is 15.5 Å². The number of hydrogen-bond acceptors (Lipinski definition) is 5. The van der Waals surface area contributed by atoms with Crippen molar-refractivity contribution >= 4 is 34.6 Å². The van der Waals surface area contributed by atoms with Gasteiger partial charge < -0.3 is 15.5 Å². The molecule has 0 atom stereocenters. The number of amides is 2. The van der Waals surface area contributed by atoms with Crippen LogP contribution in [0.25, 0.3) is 0 Å². The summed E-state index contributed by atoms with van der Waals surface area (Å²) in [5, 5.41) is 17.2. The molecule has 0 unspecified atom stereocenters. The van der Waals surface area contributed by atoms with Gasteiger partial charge in [0, 0.05) is 41.7 Å². The summed E-state index contributed by atoms with van der Waals surface area (Å²) in [6.07, 6.45) is 3.13. The number of anilines is 3. The average Bonchev–Trinajstić information content (AvgIpc) is 2.86. The molecule has 168 valence electrons. The molecule has 4 rings (SSSR count). The second kappa shape index (κ2) is 9.95. The lowest BCUT2D eigenvalue weighted by atomic mass is 10.1. The van der Waals surface area contributed by atoms with Crippen LogP contribution in [0.15, 0.2) is 72.8 Å². The van der Waals surface area contributed by atoms with E-state index < -0.39 is 10.8 Å². The van der Waals surface area contributed by atoms with Crippen molar-refractivity contribution in [3.63, 3.8) is 0 Å². The van der Waals surface area contributed by atoms with E-state index >= 15 is 0 Å². The minimum Gasteiger partial charge on any atom is -0.366 e. The molecule has 0 aliphatic carbocycles. The smallest absolute Gasteiger partial charge is 0.293 e. The average molecular weight is 444 g/mol. The second-order valence-electron chi connectivity index (χ2n) is 7.86. The summed E-state index contributed by atoms with van der Waals surface area (Å²) in [7, 11) is 0. The molecule has 0 saturated carbocycles. The van der Waals surface area contributed by atoms with Gasteiger partial charge in [0.2, 0.25) is 0 Å². The molecule has 1 aliphatic rings. The number of nitro benzene ring substituents is 1. The number of carbonyl (C=O) groups is 2. The first kappa shape index (κ1) is 22.0. The number of nitrogens with zero attached hydrogens (tertiary/aromatic N) is 2. The Kier molecular flexibility index (Phi) is 6.64. The summed E-state index contributed by atoms with van der Waals surface area (Å²) in [6, 6.07) is 20.1. The molecule has 3 aromatic carbocycles.